The number of aromatic nitrogens is 2. The molecular formula is C12H20N4O2. The molecule has 0 saturated carbocycles. The summed E-state index contributed by atoms with van der Waals surface area (Å²) < 4.78 is 1.56. The van der Waals surface area contributed by atoms with Gasteiger partial charge in [0.2, 0.25) is 5.91 Å². The Balaban J connectivity index is 3.00. The number of nitrogens with one attached hydrogen (secondary N) is 1. The first-order valence-electron chi connectivity index (χ1n) is 6.08. The van der Waals surface area contributed by atoms with Crippen LogP contribution in [0.3, 0.4) is 0 Å². The predicted molar refractivity (Wildman–Crippen MR) is 70.2 cm³/mol. The van der Waals surface area contributed by atoms with Gasteiger partial charge in [-0.3, -0.25) is 9.59 Å². The molecule has 0 aliphatic heterocycles. The van der Waals surface area contributed by atoms with Gasteiger partial charge in [0.05, 0.1) is 0 Å². The van der Waals surface area contributed by atoms with Gasteiger partial charge in [0, 0.05) is 18.9 Å². The van der Waals surface area contributed by atoms with Gasteiger partial charge in [0.1, 0.15) is 6.04 Å². The lowest BCUT2D eigenvalue weighted by Gasteiger charge is -2.19. The third-order valence-electron chi connectivity index (χ3n) is 2.64. The maximum Gasteiger partial charge on any atom is 0.293 e. The fourth-order valence-corrected chi connectivity index (χ4v) is 1.68. The lowest BCUT2D eigenvalue weighted by Crippen LogP contribution is -2.41. The smallest absolute Gasteiger partial charge is 0.293 e. The number of carbonyl (C=O) groups is 1. The topological polar surface area (TPSA) is 90.0 Å². The van der Waals surface area contributed by atoms with Gasteiger partial charge in [-0.25, -0.2) is 4.98 Å². The molecule has 1 aromatic rings. The van der Waals surface area contributed by atoms with Gasteiger partial charge in [0.25, 0.3) is 5.56 Å². The molecule has 1 aromatic heterocycles. The molecule has 0 spiro atoms. The van der Waals surface area contributed by atoms with Crippen molar-refractivity contribution in [1.29, 1.82) is 0 Å². The number of primary amides is 1. The van der Waals surface area contributed by atoms with Crippen molar-refractivity contribution in [2.24, 2.45) is 11.7 Å². The summed E-state index contributed by atoms with van der Waals surface area (Å²) in [7, 11) is 0. The van der Waals surface area contributed by atoms with E-state index in [2.05, 4.69) is 10.3 Å². The van der Waals surface area contributed by atoms with Crippen LogP contribution in [0, 0.1) is 5.92 Å². The molecule has 0 radical (unpaired) electrons. The van der Waals surface area contributed by atoms with Crippen LogP contribution in [0.1, 0.15) is 27.2 Å². The van der Waals surface area contributed by atoms with Gasteiger partial charge in [-0.1, -0.05) is 20.8 Å². The molecule has 100 valence electrons. The summed E-state index contributed by atoms with van der Waals surface area (Å²) in [6, 6.07) is -0.595. The van der Waals surface area contributed by atoms with E-state index in [1.807, 2.05) is 20.8 Å². The summed E-state index contributed by atoms with van der Waals surface area (Å²) in [5, 5.41) is 2.83. The van der Waals surface area contributed by atoms with E-state index in [9.17, 15) is 9.59 Å². The van der Waals surface area contributed by atoms with Crippen LogP contribution in [0.15, 0.2) is 17.2 Å². The molecule has 1 atom stereocenters. The van der Waals surface area contributed by atoms with Crippen LogP contribution in [0.5, 0.6) is 0 Å². The number of nitrogens with two attached hydrogens (primary N) is 1. The Kier molecular flexibility index (Phi) is 4.88. The third kappa shape index (κ3) is 3.32. The lowest BCUT2D eigenvalue weighted by molar-refractivity contribution is -0.119. The molecule has 0 aromatic carbocycles. The summed E-state index contributed by atoms with van der Waals surface area (Å²) in [5.74, 6) is -0.330. The predicted octanol–water partition coefficient (Wildman–Crippen LogP) is 0.575. The molecule has 0 aliphatic rings. The van der Waals surface area contributed by atoms with Crippen molar-refractivity contribution in [3.8, 4) is 0 Å². The Hall–Kier alpha value is -1.85. The lowest BCUT2D eigenvalue weighted by atomic mass is 10.0. The normalized spacial score (nSPS) is 12.4. The number of carbonyl (C=O) groups excluding carboxylic acids is 1. The highest BCUT2D eigenvalue weighted by molar-refractivity contribution is 5.82. The van der Waals surface area contributed by atoms with E-state index in [-0.39, 0.29) is 17.3 Å². The van der Waals surface area contributed by atoms with E-state index in [0.29, 0.717) is 6.54 Å². The number of hydrogen-bond donors (Lipinski definition) is 2. The minimum atomic E-state index is -0.595. The van der Waals surface area contributed by atoms with Crippen molar-refractivity contribution in [3.05, 3.63) is 22.7 Å². The van der Waals surface area contributed by atoms with Crippen molar-refractivity contribution in [2.75, 3.05) is 5.32 Å². The zero-order chi connectivity index (χ0) is 13.7. The van der Waals surface area contributed by atoms with E-state index in [0.717, 1.165) is 6.42 Å². The maximum atomic E-state index is 12.0. The molecule has 3 N–H and O–H groups in total. The van der Waals surface area contributed by atoms with Gasteiger partial charge in [-0.2, -0.15) is 0 Å². The van der Waals surface area contributed by atoms with E-state index in [4.69, 9.17) is 5.73 Å². The number of nitrogens with zero attached hydrogens (tertiary/aromatic N) is 2. The molecule has 0 aliphatic carbocycles. The first-order chi connectivity index (χ1) is 8.47. The van der Waals surface area contributed by atoms with Crippen molar-refractivity contribution >= 4 is 11.7 Å². The van der Waals surface area contributed by atoms with E-state index >= 15 is 0 Å². The minimum Gasteiger partial charge on any atom is -0.368 e. The molecule has 1 unspecified atom stereocenters. The number of anilines is 1. The Labute approximate surface area is 106 Å². The largest absolute Gasteiger partial charge is 0.368 e. The number of aryl methyl sites for hydroxylation is 1. The summed E-state index contributed by atoms with van der Waals surface area (Å²) in [6.07, 6.45) is 4.02. The van der Waals surface area contributed by atoms with Gasteiger partial charge in [-0.15, -0.1) is 0 Å². The molecule has 6 heteroatoms. The minimum absolute atomic E-state index is 0.0106. The summed E-state index contributed by atoms with van der Waals surface area (Å²) in [6.45, 7) is 6.32. The van der Waals surface area contributed by atoms with E-state index in [1.54, 1.807) is 10.8 Å². The van der Waals surface area contributed by atoms with Gasteiger partial charge >= 0.3 is 0 Å². The summed E-state index contributed by atoms with van der Waals surface area (Å²) >= 11 is 0. The SMILES string of the molecule is CCCn1ccnc(NC(C(N)=O)C(C)C)c1=O. The average Bonchev–Trinajstić information content (AvgIpc) is 2.29. The van der Waals surface area contributed by atoms with Crippen LogP contribution in [0.4, 0.5) is 5.82 Å². The quantitative estimate of drug-likeness (QED) is 0.774. The second kappa shape index (κ2) is 6.18. The highest BCUT2D eigenvalue weighted by atomic mass is 16.1. The first-order valence-corrected chi connectivity index (χ1v) is 6.08. The van der Waals surface area contributed by atoms with Crippen molar-refractivity contribution in [1.82, 2.24) is 9.55 Å². The van der Waals surface area contributed by atoms with Crippen LogP contribution in [-0.2, 0) is 11.3 Å². The Morgan fingerprint density at radius 3 is 2.72 bits per heavy atom. The monoisotopic (exact) mass is 252 g/mol. The number of rotatable bonds is 6. The fourth-order valence-electron chi connectivity index (χ4n) is 1.68. The summed E-state index contributed by atoms with van der Waals surface area (Å²) in [4.78, 5) is 27.3. The molecule has 1 amide bonds. The van der Waals surface area contributed by atoms with Crippen LogP contribution in [-0.4, -0.2) is 21.5 Å². The van der Waals surface area contributed by atoms with E-state index in [1.165, 1.54) is 6.20 Å². The Morgan fingerprint density at radius 1 is 1.56 bits per heavy atom. The Morgan fingerprint density at radius 2 is 2.22 bits per heavy atom. The third-order valence-corrected chi connectivity index (χ3v) is 2.64. The van der Waals surface area contributed by atoms with Crippen molar-refractivity contribution < 1.29 is 4.79 Å². The second-order valence-electron chi connectivity index (χ2n) is 4.54. The van der Waals surface area contributed by atoms with Crippen molar-refractivity contribution in [2.45, 2.75) is 39.8 Å². The molecule has 0 saturated heterocycles. The Bertz CT molecular complexity index is 467. The zero-order valence-electron chi connectivity index (χ0n) is 11.0. The molecule has 18 heavy (non-hydrogen) atoms. The standard InChI is InChI=1S/C12H20N4O2/c1-4-6-16-7-5-14-11(12(16)18)15-9(8(2)3)10(13)17/h5,7-9H,4,6H2,1-3H3,(H2,13,17)(H,14,15). The van der Waals surface area contributed by atoms with Crippen LogP contribution in [0.2, 0.25) is 0 Å². The highest BCUT2D eigenvalue weighted by Crippen LogP contribution is 2.06. The second-order valence-corrected chi connectivity index (χ2v) is 4.54. The van der Waals surface area contributed by atoms with Gasteiger partial charge in [-0.05, 0) is 12.3 Å². The zero-order valence-corrected chi connectivity index (χ0v) is 11.0. The molecular weight excluding hydrogens is 232 g/mol. The van der Waals surface area contributed by atoms with Crippen LogP contribution in [0.25, 0.3) is 0 Å². The number of hydrogen-bond acceptors (Lipinski definition) is 4. The van der Waals surface area contributed by atoms with Crippen molar-refractivity contribution in [3.63, 3.8) is 0 Å². The fraction of sp³-hybridized carbons (Fsp3) is 0.583. The molecule has 0 fully saturated rings. The average molecular weight is 252 g/mol. The van der Waals surface area contributed by atoms with Gasteiger partial charge < -0.3 is 15.6 Å². The first kappa shape index (κ1) is 14.2. The van der Waals surface area contributed by atoms with Crippen LogP contribution < -0.4 is 16.6 Å². The van der Waals surface area contributed by atoms with Gasteiger partial charge in [0.15, 0.2) is 5.82 Å². The molecule has 0 bridgehead atoms. The molecule has 1 heterocycles. The van der Waals surface area contributed by atoms with Crippen LogP contribution >= 0.6 is 0 Å². The highest BCUT2D eigenvalue weighted by Gasteiger charge is 2.21. The molecule has 6 nitrogen and oxygen atoms in total. The summed E-state index contributed by atoms with van der Waals surface area (Å²) in [5.41, 5.74) is 5.06. The molecule has 1 rings (SSSR count). The number of amides is 1. The van der Waals surface area contributed by atoms with E-state index < -0.39 is 11.9 Å². The maximum absolute atomic E-state index is 12.0.